The van der Waals surface area contributed by atoms with Crippen molar-refractivity contribution in [1.29, 1.82) is 5.26 Å². The van der Waals surface area contributed by atoms with Crippen molar-refractivity contribution in [3.05, 3.63) is 59.6 Å². The lowest BCUT2D eigenvalue weighted by molar-refractivity contribution is 0.883. The lowest BCUT2D eigenvalue weighted by Gasteiger charge is -2.10. The molecule has 0 aliphatic heterocycles. The molecule has 0 radical (unpaired) electrons. The standard InChI is InChI=1S/C17H13ClN4S/c1-12(11-19)23-17-21-20-16(13-7-9-14(18)10-8-13)22(17)15-5-3-2-4-6-15/h2-10,12H,1H3/t12-/m1/s1. The van der Waals surface area contributed by atoms with Gasteiger partial charge in [-0.25, -0.2) is 0 Å². The molecule has 3 rings (SSSR count). The van der Waals surface area contributed by atoms with Crippen LogP contribution < -0.4 is 0 Å². The fourth-order valence-electron chi connectivity index (χ4n) is 2.13. The van der Waals surface area contributed by atoms with Gasteiger partial charge in [0.05, 0.1) is 11.3 Å². The summed E-state index contributed by atoms with van der Waals surface area (Å²) >= 11 is 7.35. The third-order valence-corrected chi connectivity index (χ3v) is 4.40. The zero-order valence-corrected chi connectivity index (χ0v) is 13.9. The van der Waals surface area contributed by atoms with E-state index in [1.54, 1.807) is 0 Å². The smallest absolute Gasteiger partial charge is 0.197 e. The van der Waals surface area contributed by atoms with Gasteiger partial charge in [-0.2, -0.15) is 5.26 Å². The molecule has 114 valence electrons. The van der Waals surface area contributed by atoms with Crippen molar-refractivity contribution in [3.8, 4) is 23.1 Å². The average Bonchev–Trinajstić information content (AvgIpc) is 2.99. The molecule has 1 aromatic heterocycles. The summed E-state index contributed by atoms with van der Waals surface area (Å²) in [6.45, 7) is 1.84. The second-order valence-electron chi connectivity index (χ2n) is 4.87. The fraction of sp³-hybridized carbons (Fsp3) is 0.118. The summed E-state index contributed by atoms with van der Waals surface area (Å²) in [6.07, 6.45) is 0. The number of nitrogens with zero attached hydrogens (tertiary/aromatic N) is 4. The maximum atomic E-state index is 9.07. The van der Waals surface area contributed by atoms with Gasteiger partial charge in [0.15, 0.2) is 11.0 Å². The van der Waals surface area contributed by atoms with E-state index in [0.717, 1.165) is 17.1 Å². The Bertz CT molecular complexity index is 837. The summed E-state index contributed by atoms with van der Waals surface area (Å²) in [5, 5.41) is 18.8. The zero-order chi connectivity index (χ0) is 16.2. The quantitative estimate of drug-likeness (QED) is 0.652. The van der Waals surface area contributed by atoms with Crippen LogP contribution in [0.25, 0.3) is 17.1 Å². The first-order valence-electron chi connectivity index (χ1n) is 7.02. The Morgan fingerprint density at radius 3 is 2.43 bits per heavy atom. The molecule has 0 bridgehead atoms. The second-order valence-corrected chi connectivity index (χ2v) is 6.62. The summed E-state index contributed by atoms with van der Waals surface area (Å²) < 4.78 is 1.96. The van der Waals surface area contributed by atoms with Gasteiger partial charge in [-0.1, -0.05) is 41.6 Å². The van der Waals surface area contributed by atoms with Crippen LogP contribution in [0.3, 0.4) is 0 Å². The highest BCUT2D eigenvalue weighted by Gasteiger charge is 2.18. The Morgan fingerprint density at radius 1 is 1.09 bits per heavy atom. The first-order valence-corrected chi connectivity index (χ1v) is 8.28. The molecule has 0 spiro atoms. The highest BCUT2D eigenvalue weighted by atomic mass is 35.5. The Balaban J connectivity index is 2.13. The maximum absolute atomic E-state index is 9.07. The molecule has 6 heteroatoms. The zero-order valence-electron chi connectivity index (χ0n) is 12.3. The monoisotopic (exact) mass is 340 g/mol. The van der Waals surface area contributed by atoms with Crippen molar-refractivity contribution >= 4 is 23.4 Å². The Kier molecular flexibility index (Phi) is 4.65. The molecule has 3 aromatic rings. The van der Waals surface area contributed by atoms with Crippen LogP contribution in [-0.4, -0.2) is 20.0 Å². The second kappa shape index (κ2) is 6.86. The van der Waals surface area contributed by atoms with Crippen LogP contribution in [0.15, 0.2) is 59.8 Å². The van der Waals surface area contributed by atoms with Gasteiger partial charge in [0.25, 0.3) is 0 Å². The largest absolute Gasteiger partial charge is 0.270 e. The van der Waals surface area contributed by atoms with Crippen LogP contribution in [0.1, 0.15) is 6.92 Å². The molecule has 1 atom stereocenters. The van der Waals surface area contributed by atoms with Crippen LogP contribution in [0.4, 0.5) is 0 Å². The van der Waals surface area contributed by atoms with Gasteiger partial charge in [0.2, 0.25) is 0 Å². The molecule has 0 saturated carbocycles. The first kappa shape index (κ1) is 15.6. The highest BCUT2D eigenvalue weighted by molar-refractivity contribution is 8.00. The van der Waals surface area contributed by atoms with Crippen molar-refractivity contribution < 1.29 is 0 Å². The molecular weight excluding hydrogens is 328 g/mol. The van der Waals surface area contributed by atoms with Crippen molar-refractivity contribution in [2.45, 2.75) is 17.3 Å². The molecule has 0 amide bonds. The van der Waals surface area contributed by atoms with E-state index in [2.05, 4.69) is 16.3 Å². The van der Waals surface area contributed by atoms with Gasteiger partial charge < -0.3 is 0 Å². The number of aromatic nitrogens is 3. The van der Waals surface area contributed by atoms with Crippen molar-refractivity contribution in [3.63, 3.8) is 0 Å². The first-order chi connectivity index (χ1) is 11.2. The molecule has 2 aromatic carbocycles. The SMILES string of the molecule is C[C@H](C#N)Sc1nnc(-c2ccc(Cl)cc2)n1-c1ccccc1. The lowest BCUT2D eigenvalue weighted by Crippen LogP contribution is -2.01. The minimum atomic E-state index is -0.209. The molecule has 4 nitrogen and oxygen atoms in total. The van der Waals surface area contributed by atoms with Gasteiger partial charge >= 0.3 is 0 Å². The van der Waals surface area contributed by atoms with Gasteiger partial charge in [-0.3, -0.25) is 4.57 Å². The number of hydrogen-bond donors (Lipinski definition) is 0. The number of para-hydroxylation sites is 1. The third-order valence-electron chi connectivity index (χ3n) is 3.21. The minimum Gasteiger partial charge on any atom is -0.270 e. The average molecular weight is 341 g/mol. The lowest BCUT2D eigenvalue weighted by atomic mass is 10.2. The van der Waals surface area contributed by atoms with Crippen LogP contribution in [-0.2, 0) is 0 Å². The minimum absolute atomic E-state index is 0.209. The predicted molar refractivity (Wildman–Crippen MR) is 92.7 cm³/mol. The normalized spacial score (nSPS) is 11.9. The van der Waals surface area contributed by atoms with Crippen LogP contribution in [0.2, 0.25) is 5.02 Å². The molecule has 0 fully saturated rings. The molecule has 1 heterocycles. The number of thioether (sulfide) groups is 1. The number of nitriles is 1. The maximum Gasteiger partial charge on any atom is 0.197 e. The summed E-state index contributed by atoms with van der Waals surface area (Å²) in [4.78, 5) is 0. The molecule has 0 aliphatic rings. The topological polar surface area (TPSA) is 54.5 Å². The van der Waals surface area contributed by atoms with Crippen LogP contribution in [0.5, 0.6) is 0 Å². The van der Waals surface area contributed by atoms with E-state index in [-0.39, 0.29) is 5.25 Å². The highest BCUT2D eigenvalue weighted by Crippen LogP contribution is 2.30. The van der Waals surface area contributed by atoms with E-state index < -0.39 is 0 Å². The summed E-state index contributed by atoms with van der Waals surface area (Å²) in [7, 11) is 0. The summed E-state index contributed by atoms with van der Waals surface area (Å²) in [5.41, 5.74) is 1.87. The van der Waals surface area contributed by atoms with Gasteiger partial charge in [-0.05, 0) is 43.3 Å². The van der Waals surface area contributed by atoms with Crippen molar-refractivity contribution in [1.82, 2.24) is 14.8 Å². The van der Waals surface area contributed by atoms with Gasteiger partial charge in [0.1, 0.15) is 0 Å². The molecular formula is C17H13ClN4S. The summed E-state index contributed by atoms with van der Waals surface area (Å²) in [6, 6.07) is 19.5. The Labute approximate surface area is 143 Å². The van der Waals surface area contributed by atoms with Gasteiger partial charge in [-0.15, -0.1) is 10.2 Å². The third kappa shape index (κ3) is 3.39. The summed E-state index contributed by atoms with van der Waals surface area (Å²) in [5.74, 6) is 0.723. The van der Waals surface area contributed by atoms with Crippen molar-refractivity contribution in [2.24, 2.45) is 0 Å². The molecule has 0 unspecified atom stereocenters. The molecule has 0 aliphatic carbocycles. The van der Waals surface area contributed by atoms with E-state index in [1.165, 1.54) is 11.8 Å². The Hall–Kier alpha value is -2.29. The molecule has 0 saturated heterocycles. The Morgan fingerprint density at radius 2 is 1.78 bits per heavy atom. The number of rotatable bonds is 4. The van der Waals surface area contributed by atoms with Crippen LogP contribution in [0, 0.1) is 11.3 Å². The fourth-order valence-corrected chi connectivity index (χ4v) is 3.01. The predicted octanol–water partition coefficient (Wildman–Crippen LogP) is 4.59. The van der Waals surface area contributed by atoms with Gasteiger partial charge in [0, 0.05) is 16.3 Å². The number of benzene rings is 2. The van der Waals surface area contributed by atoms with E-state index in [4.69, 9.17) is 16.9 Å². The van der Waals surface area contributed by atoms with Crippen LogP contribution >= 0.6 is 23.4 Å². The van der Waals surface area contributed by atoms with E-state index in [0.29, 0.717) is 10.2 Å². The van der Waals surface area contributed by atoms with E-state index in [1.807, 2.05) is 66.1 Å². The number of halogens is 1. The molecule has 0 N–H and O–H groups in total. The molecule has 23 heavy (non-hydrogen) atoms. The van der Waals surface area contributed by atoms with E-state index in [9.17, 15) is 0 Å². The number of hydrogen-bond acceptors (Lipinski definition) is 4. The van der Waals surface area contributed by atoms with E-state index >= 15 is 0 Å². The van der Waals surface area contributed by atoms with Crippen molar-refractivity contribution in [2.75, 3.05) is 0 Å².